The summed E-state index contributed by atoms with van der Waals surface area (Å²) in [7, 11) is -2.02. The summed E-state index contributed by atoms with van der Waals surface area (Å²) in [6.45, 7) is 4.36. The predicted molar refractivity (Wildman–Crippen MR) is 118 cm³/mol. The molecule has 2 atom stereocenters. The average Bonchev–Trinajstić information content (AvgIpc) is 2.65. The van der Waals surface area contributed by atoms with E-state index in [1.54, 1.807) is 0 Å². The van der Waals surface area contributed by atoms with Gasteiger partial charge in [0.2, 0.25) is 9.05 Å². The van der Waals surface area contributed by atoms with Crippen molar-refractivity contribution in [1.29, 1.82) is 0 Å². The molecule has 0 aliphatic rings. The zero-order valence-electron chi connectivity index (χ0n) is 17.0. The molecule has 0 aromatic heterocycles. The normalized spacial score (nSPS) is 13.2. The van der Waals surface area contributed by atoms with Crippen molar-refractivity contribution in [2.24, 2.45) is 0 Å². The van der Waals surface area contributed by atoms with Crippen LogP contribution in [0.2, 0.25) is 0 Å². The molecule has 0 radical (unpaired) electrons. The lowest BCUT2D eigenvalue weighted by Gasteiger charge is -2.10. The van der Waals surface area contributed by atoms with E-state index in [-0.39, 0.29) is 25.0 Å². The largest absolute Gasteiger partial charge is 0.396 e. The lowest BCUT2D eigenvalue weighted by atomic mass is 10.0. The molecule has 0 saturated carbocycles. The first-order chi connectivity index (χ1) is 13.3. The lowest BCUT2D eigenvalue weighted by molar-refractivity contribution is 0.273. The topological polar surface area (TPSA) is 97.7 Å². The van der Waals surface area contributed by atoms with Gasteiger partial charge in [0.25, 0.3) is 10.1 Å². The fraction of sp³-hybridized carbons (Fsp3) is 0.400. The van der Waals surface area contributed by atoms with Crippen LogP contribution in [0.5, 0.6) is 0 Å². The Morgan fingerprint density at radius 3 is 1.48 bits per heavy atom. The number of hydrogen-bond acceptors (Lipinski definition) is 6. The second-order valence-electron chi connectivity index (χ2n) is 6.48. The highest BCUT2D eigenvalue weighted by Gasteiger charge is 2.09. The molecule has 0 heterocycles. The summed E-state index contributed by atoms with van der Waals surface area (Å²) >= 11 is 0. The Balaban J connectivity index is 0.000000455. The highest BCUT2D eigenvalue weighted by atomic mass is 35.7. The molecule has 0 bridgehead atoms. The van der Waals surface area contributed by atoms with E-state index < -0.39 is 19.2 Å². The highest BCUT2D eigenvalue weighted by molar-refractivity contribution is 8.13. The maximum atomic E-state index is 10.7. The van der Waals surface area contributed by atoms with Crippen molar-refractivity contribution in [2.75, 3.05) is 25.7 Å². The van der Waals surface area contributed by atoms with Crippen molar-refractivity contribution < 1.29 is 26.1 Å². The lowest BCUT2D eigenvalue weighted by Crippen LogP contribution is -2.09. The van der Waals surface area contributed by atoms with Crippen molar-refractivity contribution in [2.45, 2.75) is 25.7 Å². The molecule has 29 heavy (non-hydrogen) atoms. The zero-order chi connectivity index (χ0) is 22.5. The molecule has 2 aromatic carbocycles. The Kier molecular flexibility index (Phi) is 13.0. The standard InChI is InChI=1S/C10H14O3S.C9H12O.CH3ClO2S/c1-9(8-13-14(2,11)12)10-6-4-3-5-7-10;1-8(7-10)9-5-3-2-4-6-9;1-5(2,3)4/h3-7,9H,8H2,1-2H3;2-6,8,10H,7H2,1H3;1H3/t9-;8-;/m11./s1. The number of benzene rings is 2. The molecular formula is C20H29ClO6S2. The van der Waals surface area contributed by atoms with Gasteiger partial charge in [0.05, 0.1) is 19.1 Å². The maximum absolute atomic E-state index is 10.7. The van der Waals surface area contributed by atoms with Crippen LogP contribution in [0.3, 0.4) is 0 Å². The van der Waals surface area contributed by atoms with Gasteiger partial charge in [0.1, 0.15) is 0 Å². The molecular weight excluding hydrogens is 436 g/mol. The van der Waals surface area contributed by atoms with Gasteiger partial charge in [-0.1, -0.05) is 74.5 Å². The SMILES string of the molecule is CS(=O)(=O)Cl.C[C@H](CO)c1ccccc1.C[C@H](COS(C)(=O)=O)c1ccccc1. The second kappa shape index (κ2) is 13.7. The molecule has 0 unspecified atom stereocenters. The third-order valence-corrected chi connectivity index (χ3v) is 4.11. The van der Waals surface area contributed by atoms with Crippen molar-refractivity contribution in [3.05, 3.63) is 71.8 Å². The van der Waals surface area contributed by atoms with Gasteiger partial charge in [-0.3, -0.25) is 4.18 Å². The van der Waals surface area contributed by atoms with Crippen molar-refractivity contribution >= 4 is 29.9 Å². The van der Waals surface area contributed by atoms with Crippen molar-refractivity contribution in [3.63, 3.8) is 0 Å². The molecule has 0 aliphatic carbocycles. The van der Waals surface area contributed by atoms with Gasteiger partial charge in [-0.15, -0.1) is 0 Å². The van der Waals surface area contributed by atoms with E-state index in [4.69, 9.17) is 9.29 Å². The van der Waals surface area contributed by atoms with E-state index in [1.807, 2.05) is 74.5 Å². The number of aliphatic hydroxyl groups is 1. The van der Waals surface area contributed by atoms with Crippen LogP contribution in [0.25, 0.3) is 0 Å². The van der Waals surface area contributed by atoms with E-state index in [2.05, 4.69) is 10.7 Å². The molecule has 1 N–H and O–H groups in total. The molecule has 2 aromatic rings. The highest BCUT2D eigenvalue weighted by Crippen LogP contribution is 2.15. The van der Waals surface area contributed by atoms with Gasteiger partial charge in [-0.05, 0) is 11.1 Å². The van der Waals surface area contributed by atoms with E-state index in [0.717, 1.165) is 18.1 Å². The summed E-state index contributed by atoms with van der Waals surface area (Å²) in [5, 5.41) is 8.79. The van der Waals surface area contributed by atoms with E-state index in [0.29, 0.717) is 0 Å². The van der Waals surface area contributed by atoms with Crippen LogP contribution in [0.1, 0.15) is 36.8 Å². The Morgan fingerprint density at radius 2 is 1.17 bits per heavy atom. The van der Waals surface area contributed by atoms with Gasteiger partial charge >= 0.3 is 0 Å². The van der Waals surface area contributed by atoms with Crippen LogP contribution < -0.4 is 0 Å². The Hall–Kier alpha value is -1.45. The van der Waals surface area contributed by atoms with Crippen LogP contribution in [-0.4, -0.2) is 47.7 Å². The molecule has 164 valence electrons. The summed E-state index contributed by atoms with van der Waals surface area (Å²) in [4.78, 5) is 0. The summed E-state index contributed by atoms with van der Waals surface area (Å²) in [5.74, 6) is 0.354. The third kappa shape index (κ3) is 17.1. The smallest absolute Gasteiger partial charge is 0.264 e. The average molecular weight is 465 g/mol. The van der Waals surface area contributed by atoms with E-state index >= 15 is 0 Å². The van der Waals surface area contributed by atoms with Crippen LogP contribution in [0.15, 0.2) is 60.7 Å². The first kappa shape index (κ1) is 27.5. The molecule has 0 amide bonds. The van der Waals surface area contributed by atoms with Crippen LogP contribution in [0.4, 0.5) is 0 Å². The van der Waals surface area contributed by atoms with Gasteiger partial charge in [-0.2, -0.15) is 8.42 Å². The monoisotopic (exact) mass is 464 g/mol. The fourth-order valence-corrected chi connectivity index (χ4v) is 2.44. The van der Waals surface area contributed by atoms with Gasteiger partial charge < -0.3 is 5.11 Å². The van der Waals surface area contributed by atoms with Crippen molar-refractivity contribution in [3.8, 4) is 0 Å². The van der Waals surface area contributed by atoms with Crippen LogP contribution in [0, 0.1) is 0 Å². The van der Waals surface area contributed by atoms with Gasteiger partial charge in [0, 0.05) is 29.1 Å². The minimum atomic E-state index is -3.33. The summed E-state index contributed by atoms with van der Waals surface area (Å²) in [5.41, 5.74) is 2.28. The molecule has 2 rings (SSSR count). The Bertz CT molecular complexity index is 877. The third-order valence-electron chi connectivity index (χ3n) is 3.54. The minimum absolute atomic E-state index is 0.0888. The molecule has 6 nitrogen and oxygen atoms in total. The van der Waals surface area contributed by atoms with E-state index in [1.165, 1.54) is 5.56 Å². The molecule has 0 saturated heterocycles. The van der Waals surface area contributed by atoms with Crippen LogP contribution in [-0.2, 0) is 23.4 Å². The fourth-order valence-electron chi connectivity index (χ4n) is 1.99. The van der Waals surface area contributed by atoms with Crippen LogP contribution >= 0.6 is 10.7 Å². The molecule has 9 heteroatoms. The summed E-state index contributed by atoms with van der Waals surface area (Å²) < 4.78 is 45.0. The molecule has 0 aliphatic heterocycles. The zero-order valence-corrected chi connectivity index (χ0v) is 19.4. The number of rotatable bonds is 6. The van der Waals surface area contributed by atoms with Gasteiger partial charge in [0.15, 0.2) is 0 Å². The molecule has 0 fully saturated rings. The summed E-state index contributed by atoms with van der Waals surface area (Å²) in [6, 6.07) is 19.7. The van der Waals surface area contributed by atoms with E-state index in [9.17, 15) is 16.8 Å². The van der Waals surface area contributed by atoms with Crippen molar-refractivity contribution in [1.82, 2.24) is 0 Å². The predicted octanol–water partition coefficient (Wildman–Crippen LogP) is 3.73. The maximum Gasteiger partial charge on any atom is 0.264 e. The number of aliphatic hydroxyl groups excluding tert-OH is 1. The second-order valence-corrected chi connectivity index (χ2v) is 11.2. The quantitative estimate of drug-likeness (QED) is 0.516. The molecule has 0 spiro atoms. The number of halogens is 1. The first-order valence-corrected chi connectivity index (χ1v) is 13.3. The Labute approximate surface area is 179 Å². The Morgan fingerprint density at radius 1 is 0.828 bits per heavy atom. The van der Waals surface area contributed by atoms with Gasteiger partial charge in [-0.25, -0.2) is 8.42 Å². The summed E-state index contributed by atoms with van der Waals surface area (Å²) in [6.07, 6.45) is 1.99. The first-order valence-electron chi connectivity index (χ1n) is 8.78. The minimum Gasteiger partial charge on any atom is -0.396 e. The number of hydrogen-bond donors (Lipinski definition) is 1.